The Bertz CT molecular complexity index is 691. The maximum Gasteiger partial charge on any atom is 0.276 e. The average molecular weight is 356 g/mol. The number of rotatable bonds is 6. The van der Waals surface area contributed by atoms with Gasteiger partial charge in [0.05, 0.1) is 0 Å². The number of guanidine groups is 1. The Morgan fingerprint density at radius 2 is 2.12 bits per heavy atom. The Kier molecular flexibility index (Phi) is 6.57. The van der Waals surface area contributed by atoms with Gasteiger partial charge >= 0.3 is 0 Å². The SMILES string of the molecule is CCNC(=NCCc1noc(-c2ccccn2)n1)NC1CCC(C)CC1. The first-order valence-corrected chi connectivity index (χ1v) is 9.53. The summed E-state index contributed by atoms with van der Waals surface area (Å²) < 4.78 is 5.28. The minimum Gasteiger partial charge on any atom is -0.357 e. The molecule has 0 atom stereocenters. The van der Waals surface area contributed by atoms with Crippen LogP contribution in [0.1, 0.15) is 45.4 Å². The van der Waals surface area contributed by atoms with Gasteiger partial charge in [0, 0.05) is 31.7 Å². The van der Waals surface area contributed by atoms with Gasteiger partial charge in [-0.2, -0.15) is 4.98 Å². The Labute approximate surface area is 154 Å². The smallest absolute Gasteiger partial charge is 0.276 e. The summed E-state index contributed by atoms with van der Waals surface area (Å²) in [6, 6.07) is 6.13. The number of aliphatic imine (C=N–C) groups is 1. The highest BCUT2D eigenvalue weighted by atomic mass is 16.5. The fourth-order valence-electron chi connectivity index (χ4n) is 3.13. The van der Waals surface area contributed by atoms with E-state index in [-0.39, 0.29) is 0 Å². The average Bonchev–Trinajstić information content (AvgIpc) is 3.13. The van der Waals surface area contributed by atoms with Gasteiger partial charge in [-0.3, -0.25) is 9.98 Å². The van der Waals surface area contributed by atoms with E-state index in [1.54, 1.807) is 6.20 Å². The number of hydrogen-bond donors (Lipinski definition) is 2. The van der Waals surface area contributed by atoms with Crippen molar-refractivity contribution < 1.29 is 4.52 Å². The van der Waals surface area contributed by atoms with Gasteiger partial charge in [0.25, 0.3) is 5.89 Å². The van der Waals surface area contributed by atoms with Crippen LogP contribution < -0.4 is 10.6 Å². The van der Waals surface area contributed by atoms with Crippen LogP contribution in [0, 0.1) is 5.92 Å². The van der Waals surface area contributed by atoms with E-state index in [0.29, 0.717) is 36.4 Å². The van der Waals surface area contributed by atoms with Crippen molar-refractivity contribution in [2.45, 2.75) is 52.0 Å². The standard InChI is InChI=1S/C19H28N6O/c1-3-20-19(23-15-9-7-14(2)8-10-15)22-13-11-17-24-18(26-25-17)16-6-4-5-12-21-16/h4-6,12,14-15H,3,7-11,13H2,1-2H3,(H2,20,22,23). The van der Waals surface area contributed by atoms with E-state index >= 15 is 0 Å². The van der Waals surface area contributed by atoms with E-state index in [1.807, 2.05) is 18.2 Å². The molecular weight excluding hydrogens is 328 g/mol. The minimum atomic E-state index is 0.450. The number of hydrogen-bond acceptors (Lipinski definition) is 5. The van der Waals surface area contributed by atoms with Crippen molar-refractivity contribution in [3.8, 4) is 11.6 Å². The van der Waals surface area contributed by atoms with Gasteiger partial charge in [0.15, 0.2) is 11.8 Å². The fraction of sp³-hybridized carbons (Fsp3) is 0.579. The predicted molar refractivity (Wildman–Crippen MR) is 102 cm³/mol. The summed E-state index contributed by atoms with van der Waals surface area (Å²) in [4.78, 5) is 13.3. The summed E-state index contributed by atoms with van der Waals surface area (Å²) in [7, 11) is 0. The molecule has 0 spiro atoms. The van der Waals surface area contributed by atoms with Gasteiger partial charge in [0.2, 0.25) is 0 Å². The summed E-state index contributed by atoms with van der Waals surface area (Å²) in [6.45, 7) is 5.87. The molecule has 3 rings (SSSR count). The van der Waals surface area contributed by atoms with Crippen LogP contribution in [0.5, 0.6) is 0 Å². The molecule has 1 fully saturated rings. The van der Waals surface area contributed by atoms with Gasteiger partial charge < -0.3 is 15.2 Å². The maximum absolute atomic E-state index is 5.28. The lowest BCUT2D eigenvalue weighted by atomic mass is 9.87. The fourth-order valence-corrected chi connectivity index (χ4v) is 3.13. The first-order valence-electron chi connectivity index (χ1n) is 9.53. The molecule has 2 N–H and O–H groups in total. The summed E-state index contributed by atoms with van der Waals surface area (Å²) in [5, 5.41) is 10.9. The summed E-state index contributed by atoms with van der Waals surface area (Å²) in [5.74, 6) is 2.82. The van der Waals surface area contributed by atoms with Crippen LogP contribution in [0.3, 0.4) is 0 Å². The summed E-state index contributed by atoms with van der Waals surface area (Å²) in [5.41, 5.74) is 0.691. The Hall–Kier alpha value is -2.44. The number of nitrogens with one attached hydrogen (secondary N) is 2. The van der Waals surface area contributed by atoms with Crippen molar-refractivity contribution in [3.05, 3.63) is 30.2 Å². The minimum absolute atomic E-state index is 0.450. The van der Waals surface area contributed by atoms with Gasteiger partial charge in [-0.1, -0.05) is 18.1 Å². The second-order valence-corrected chi connectivity index (χ2v) is 6.84. The summed E-state index contributed by atoms with van der Waals surface area (Å²) in [6.07, 6.45) is 7.35. The second-order valence-electron chi connectivity index (χ2n) is 6.84. The third-order valence-corrected chi connectivity index (χ3v) is 4.66. The van der Waals surface area contributed by atoms with Crippen LogP contribution in [0.25, 0.3) is 11.6 Å². The molecule has 7 heteroatoms. The first-order chi connectivity index (χ1) is 12.7. The maximum atomic E-state index is 5.28. The molecule has 0 radical (unpaired) electrons. The molecule has 0 amide bonds. The Morgan fingerprint density at radius 3 is 2.85 bits per heavy atom. The van der Waals surface area contributed by atoms with Gasteiger partial charge in [-0.25, -0.2) is 0 Å². The van der Waals surface area contributed by atoms with Gasteiger partial charge in [-0.15, -0.1) is 0 Å². The molecule has 0 aromatic carbocycles. The number of nitrogens with zero attached hydrogens (tertiary/aromatic N) is 4. The van der Waals surface area contributed by atoms with E-state index in [2.05, 4.69) is 44.6 Å². The molecule has 2 aromatic heterocycles. The van der Waals surface area contributed by atoms with Crippen LogP contribution in [-0.2, 0) is 6.42 Å². The van der Waals surface area contributed by atoms with Crippen molar-refractivity contribution in [1.82, 2.24) is 25.8 Å². The monoisotopic (exact) mass is 356 g/mol. The third-order valence-electron chi connectivity index (χ3n) is 4.66. The first kappa shape index (κ1) is 18.4. The van der Waals surface area contributed by atoms with Gasteiger partial charge in [-0.05, 0) is 50.7 Å². The normalized spacial score (nSPS) is 20.8. The lowest BCUT2D eigenvalue weighted by Gasteiger charge is -2.28. The van der Waals surface area contributed by atoms with E-state index < -0.39 is 0 Å². The molecule has 26 heavy (non-hydrogen) atoms. The molecule has 0 saturated heterocycles. The molecule has 0 bridgehead atoms. The molecule has 140 valence electrons. The zero-order valence-corrected chi connectivity index (χ0v) is 15.6. The molecule has 2 aromatic rings. The third kappa shape index (κ3) is 5.28. The van der Waals surface area contributed by atoms with Crippen LogP contribution in [0.4, 0.5) is 0 Å². The highest BCUT2D eigenvalue weighted by Gasteiger charge is 2.18. The van der Waals surface area contributed by atoms with Crippen LogP contribution in [0.2, 0.25) is 0 Å². The van der Waals surface area contributed by atoms with Gasteiger partial charge in [0.1, 0.15) is 5.69 Å². The highest BCUT2D eigenvalue weighted by molar-refractivity contribution is 5.80. The lowest BCUT2D eigenvalue weighted by molar-refractivity contribution is 0.329. The zero-order chi connectivity index (χ0) is 18.2. The van der Waals surface area contributed by atoms with E-state index in [9.17, 15) is 0 Å². The van der Waals surface area contributed by atoms with Crippen LogP contribution in [-0.4, -0.2) is 40.2 Å². The molecule has 0 aliphatic heterocycles. The van der Waals surface area contributed by atoms with E-state index in [1.165, 1.54) is 25.7 Å². The molecule has 0 unspecified atom stereocenters. The summed E-state index contributed by atoms with van der Waals surface area (Å²) >= 11 is 0. The van der Waals surface area contributed by atoms with Crippen LogP contribution >= 0.6 is 0 Å². The van der Waals surface area contributed by atoms with Crippen molar-refractivity contribution in [2.24, 2.45) is 10.9 Å². The van der Waals surface area contributed by atoms with Crippen molar-refractivity contribution in [2.75, 3.05) is 13.1 Å². The van der Waals surface area contributed by atoms with Crippen molar-refractivity contribution >= 4 is 5.96 Å². The van der Waals surface area contributed by atoms with E-state index in [4.69, 9.17) is 4.52 Å². The molecule has 1 saturated carbocycles. The zero-order valence-electron chi connectivity index (χ0n) is 15.6. The quantitative estimate of drug-likeness (QED) is 0.611. The van der Waals surface area contributed by atoms with Crippen LogP contribution in [0.15, 0.2) is 33.9 Å². The number of aromatic nitrogens is 3. The second kappa shape index (κ2) is 9.31. The molecule has 2 heterocycles. The molecule has 7 nitrogen and oxygen atoms in total. The van der Waals surface area contributed by atoms with Crippen molar-refractivity contribution in [1.29, 1.82) is 0 Å². The van der Waals surface area contributed by atoms with E-state index in [0.717, 1.165) is 18.4 Å². The molecule has 1 aliphatic rings. The number of pyridine rings is 1. The topological polar surface area (TPSA) is 88.2 Å². The lowest BCUT2D eigenvalue weighted by Crippen LogP contribution is -2.44. The highest BCUT2D eigenvalue weighted by Crippen LogP contribution is 2.23. The Morgan fingerprint density at radius 1 is 1.27 bits per heavy atom. The Balaban J connectivity index is 1.52. The molecule has 1 aliphatic carbocycles. The largest absolute Gasteiger partial charge is 0.357 e. The predicted octanol–water partition coefficient (Wildman–Crippen LogP) is 2.81. The van der Waals surface area contributed by atoms with Crippen molar-refractivity contribution in [3.63, 3.8) is 0 Å². The molecular formula is C19H28N6O.